The SMILES string of the molecule is CCn1c([C@H]2CCCN2C(=O)NCc2ccncc2)nc2ccccc21. The molecule has 1 aromatic carbocycles. The molecule has 1 atom stereocenters. The zero-order valence-electron chi connectivity index (χ0n) is 14.9. The molecule has 1 aliphatic heterocycles. The number of nitrogens with zero attached hydrogens (tertiary/aromatic N) is 4. The fourth-order valence-corrected chi connectivity index (χ4v) is 3.74. The van der Waals surface area contributed by atoms with Crippen LogP contribution in [0.2, 0.25) is 0 Å². The van der Waals surface area contributed by atoms with E-state index in [2.05, 4.69) is 27.9 Å². The summed E-state index contributed by atoms with van der Waals surface area (Å²) in [4.78, 5) is 23.6. The van der Waals surface area contributed by atoms with Crippen LogP contribution in [0.1, 0.15) is 37.2 Å². The number of imidazole rings is 1. The number of hydrogen-bond acceptors (Lipinski definition) is 3. The van der Waals surface area contributed by atoms with Gasteiger partial charge in [-0.2, -0.15) is 0 Å². The molecule has 3 heterocycles. The summed E-state index contributed by atoms with van der Waals surface area (Å²) in [5, 5.41) is 3.03. The van der Waals surface area contributed by atoms with Crippen molar-refractivity contribution in [1.29, 1.82) is 0 Å². The Kier molecular flexibility index (Phi) is 4.56. The average molecular weight is 349 g/mol. The summed E-state index contributed by atoms with van der Waals surface area (Å²) in [5.74, 6) is 0.991. The van der Waals surface area contributed by atoms with Gasteiger partial charge in [-0.25, -0.2) is 9.78 Å². The molecule has 0 spiro atoms. The molecule has 6 heteroatoms. The summed E-state index contributed by atoms with van der Waals surface area (Å²) in [6, 6.07) is 12.0. The smallest absolute Gasteiger partial charge is 0.318 e. The molecular weight excluding hydrogens is 326 g/mol. The lowest BCUT2D eigenvalue weighted by Gasteiger charge is -2.25. The number of carbonyl (C=O) groups is 1. The highest BCUT2D eigenvalue weighted by Crippen LogP contribution is 2.33. The highest BCUT2D eigenvalue weighted by Gasteiger charge is 2.33. The maximum Gasteiger partial charge on any atom is 0.318 e. The van der Waals surface area contributed by atoms with Gasteiger partial charge < -0.3 is 14.8 Å². The van der Waals surface area contributed by atoms with Crippen LogP contribution in [0.15, 0.2) is 48.8 Å². The van der Waals surface area contributed by atoms with Crippen LogP contribution in [0.3, 0.4) is 0 Å². The van der Waals surface area contributed by atoms with Gasteiger partial charge in [-0.05, 0) is 49.6 Å². The van der Waals surface area contributed by atoms with Gasteiger partial charge in [0.05, 0.1) is 17.1 Å². The normalized spacial score (nSPS) is 17.0. The number of likely N-dealkylation sites (tertiary alicyclic amines) is 1. The number of fused-ring (bicyclic) bond motifs is 1. The molecule has 0 radical (unpaired) electrons. The second-order valence-electron chi connectivity index (χ2n) is 6.57. The van der Waals surface area contributed by atoms with Crippen molar-refractivity contribution in [1.82, 2.24) is 24.8 Å². The predicted octanol–water partition coefficient (Wildman–Crippen LogP) is 3.50. The zero-order chi connectivity index (χ0) is 17.9. The molecule has 2 aromatic heterocycles. The number of urea groups is 1. The van der Waals surface area contributed by atoms with Gasteiger partial charge in [0.15, 0.2) is 0 Å². The predicted molar refractivity (Wildman–Crippen MR) is 101 cm³/mol. The van der Waals surface area contributed by atoms with Gasteiger partial charge in [-0.15, -0.1) is 0 Å². The molecule has 26 heavy (non-hydrogen) atoms. The van der Waals surface area contributed by atoms with Gasteiger partial charge in [0.25, 0.3) is 0 Å². The summed E-state index contributed by atoms with van der Waals surface area (Å²) >= 11 is 0. The van der Waals surface area contributed by atoms with E-state index in [0.717, 1.165) is 48.4 Å². The third kappa shape index (κ3) is 3.03. The quantitative estimate of drug-likeness (QED) is 0.784. The molecule has 3 aromatic rings. The summed E-state index contributed by atoms with van der Waals surface area (Å²) in [6.07, 6.45) is 5.43. The van der Waals surface area contributed by atoms with Crippen LogP contribution in [0, 0.1) is 0 Å². The van der Waals surface area contributed by atoms with Gasteiger partial charge >= 0.3 is 6.03 Å². The minimum absolute atomic E-state index is 0.0276. The first kappa shape index (κ1) is 16.6. The lowest BCUT2D eigenvalue weighted by Crippen LogP contribution is -2.39. The largest absolute Gasteiger partial charge is 0.334 e. The number of para-hydroxylation sites is 2. The van der Waals surface area contributed by atoms with Crippen molar-refractivity contribution in [2.24, 2.45) is 0 Å². The third-order valence-corrected chi connectivity index (χ3v) is 5.01. The van der Waals surface area contributed by atoms with Crippen LogP contribution >= 0.6 is 0 Å². The molecule has 1 saturated heterocycles. The van der Waals surface area contributed by atoms with Gasteiger partial charge in [-0.1, -0.05) is 12.1 Å². The van der Waals surface area contributed by atoms with E-state index >= 15 is 0 Å². The fourth-order valence-electron chi connectivity index (χ4n) is 3.74. The van der Waals surface area contributed by atoms with Crippen molar-refractivity contribution in [2.45, 2.75) is 38.9 Å². The third-order valence-electron chi connectivity index (χ3n) is 5.01. The van der Waals surface area contributed by atoms with Gasteiger partial charge in [-0.3, -0.25) is 4.98 Å². The Labute approximate surface area is 152 Å². The Morgan fingerprint density at radius 3 is 2.85 bits per heavy atom. The Hall–Kier alpha value is -2.89. The average Bonchev–Trinajstić information content (AvgIpc) is 3.31. The summed E-state index contributed by atoms with van der Waals surface area (Å²) in [5.41, 5.74) is 3.17. The number of rotatable bonds is 4. The van der Waals surface area contributed by atoms with E-state index in [-0.39, 0.29) is 12.1 Å². The lowest BCUT2D eigenvalue weighted by atomic mass is 10.2. The summed E-state index contributed by atoms with van der Waals surface area (Å²) in [7, 11) is 0. The van der Waals surface area contributed by atoms with Gasteiger partial charge in [0, 0.05) is 32.0 Å². The van der Waals surface area contributed by atoms with E-state index in [0.29, 0.717) is 6.54 Å². The zero-order valence-corrected chi connectivity index (χ0v) is 14.9. The Bertz CT molecular complexity index is 905. The van der Waals surface area contributed by atoms with Crippen molar-refractivity contribution in [3.8, 4) is 0 Å². The molecule has 134 valence electrons. The van der Waals surface area contributed by atoms with Crippen molar-refractivity contribution in [2.75, 3.05) is 6.54 Å². The first-order valence-corrected chi connectivity index (χ1v) is 9.16. The Morgan fingerprint density at radius 1 is 1.23 bits per heavy atom. The van der Waals surface area contributed by atoms with Gasteiger partial charge in [0.2, 0.25) is 0 Å². The number of pyridine rings is 1. The number of amides is 2. The molecule has 1 N–H and O–H groups in total. The minimum Gasteiger partial charge on any atom is -0.334 e. The fraction of sp³-hybridized carbons (Fsp3) is 0.350. The molecule has 0 aliphatic carbocycles. The molecule has 4 rings (SSSR count). The van der Waals surface area contributed by atoms with Crippen LogP contribution in [0.4, 0.5) is 4.79 Å². The molecule has 6 nitrogen and oxygen atoms in total. The van der Waals surface area contributed by atoms with Crippen molar-refractivity contribution < 1.29 is 4.79 Å². The topological polar surface area (TPSA) is 63.1 Å². The first-order chi connectivity index (χ1) is 12.8. The van der Waals surface area contributed by atoms with E-state index < -0.39 is 0 Å². The van der Waals surface area contributed by atoms with Gasteiger partial charge in [0.1, 0.15) is 5.82 Å². The number of carbonyl (C=O) groups excluding carboxylic acids is 1. The Morgan fingerprint density at radius 2 is 2.04 bits per heavy atom. The van der Waals surface area contributed by atoms with E-state index in [4.69, 9.17) is 4.98 Å². The number of aromatic nitrogens is 3. The van der Waals surface area contributed by atoms with Crippen molar-refractivity contribution in [3.05, 3.63) is 60.2 Å². The highest BCUT2D eigenvalue weighted by molar-refractivity contribution is 5.77. The molecule has 0 bridgehead atoms. The summed E-state index contributed by atoms with van der Waals surface area (Å²) in [6.45, 7) is 4.24. The van der Waals surface area contributed by atoms with E-state index in [1.165, 1.54) is 0 Å². The van der Waals surface area contributed by atoms with E-state index in [1.807, 2.05) is 35.2 Å². The summed E-state index contributed by atoms with van der Waals surface area (Å²) < 4.78 is 2.23. The first-order valence-electron chi connectivity index (χ1n) is 9.16. The van der Waals surface area contributed by atoms with Crippen LogP contribution in [0.25, 0.3) is 11.0 Å². The molecule has 0 saturated carbocycles. The van der Waals surface area contributed by atoms with Crippen LogP contribution in [-0.2, 0) is 13.1 Å². The van der Waals surface area contributed by atoms with Crippen molar-refractivity contribution in [3.63, 3.8) is 0 Å². The van der Waals surface area contributed by atoms with Crippen LogP contribution in [0.5, 0.6) is 0 Å². The molecule has 1 aliphatic rings. The second-order valence-corrected chi connectivity index (χ2v) is 6.57. The molecule has 0 unspecified atom stereocenters. The van der Waals surface area contributed by atoms with E-state index in [9.17, 15) is 4.79 Å². The van der Waals surface area contributed by atoms with E-state index in [1.54, 1.807) is 12.4 Å². The maximum atomic E-state index is 12.8. The minimum atomic E-state index is -0.0287. The highest BCUT2D eigenvalue weighted by atomic mass is 16.2. The monoisotopic (exact) mass is 349 g/mol. The van der Waals surface area contributed by atoms with Crippen molar-refractivity contribution >= 4 is 17.1 Å². The van der Waals surface area contributed by atoms with Crippen LogP contribution < -0.4 is 5.32 Å². The Balaban J connectivity index is 1.56. The number of nitrogens with one attached hydrogen (secondary N) is 1. The standard InChI is InChI=1S/C20H23N5O/c1-2-24-17-7-4-3-6-16(17)23-19(24)18-8-5-13-25(18)20(26)22-14-15-9-11-21-12-10-15/h3-4,6-7,9-12,18H,2,5,8,13-14H2,1H3,(H,22,26)/t18-/m1/s1. The molecule has 2 amide bonds. The lowest BCUT2D eigenvalue weighted by molar-refractivity contribution is 0.189. The maximum absolute atomic E-state index is 12.8. The second kappa shape index (κ2) is 7.15. The van der Waals surface area contributed by atoms with Crippen LogP contribution in [-0.4, -0.2) is 32.0 Å². The number of benzene rings is 1. The number of aryl methyl sites for hydroxylation is 1. The molecular formula is C20H23N5O. The molecule has 1 fully saturated rings. The number of hydrogen-bond donors (Lipinski definition) is 1.